The minimum Gasteiger partial charge on any atom is -0.497 e. The third kappa shape index (κ3) is 7.19. The number of amides is 1. The van der Waals surface area contributed by atoms with Crippen LogP contribution in [0.5, 0.6) is 5.75 Å². The van der Waals surface area contributed by atoms with Crippen molar-refractivity contribution in [1.82, 2.24) is 0 Å². The van der Waals surface area contributed by atoms with Gasteiger partial charge in [-0.25, -0.2) is 0 Å². The van der Waals surface area contributed by atoms with Crippen LogP contribution in [0.1, 0.15) is 23.3 Å². The standard InChI is InChI=1S/C28H28N4O2S/c1-34-25-17-15-22(16-18-25)30-21-11-13-23(14-12-21)31-27(33)6-2-4-20-7-9-24(10-8-20)32-28(29)26-5-3-19-35-26/h3,5,7-19,30H,2,4,6H2,1H3,(H2,29,32)(H,31,33). The zero-order valence-electron chi connectivity index (χ0n) is 19.5. The number of hydrogen-bond donors (Lipinski definition) is 4. The molecule has 0 atom stereocenters. The average molecular weight is 485 g/mol. The van der Waals surface area contributed by atoms with Gasteiger partial charge in [0.1, 0.15) is 11.6 Å². The van der Waals surface area contributed by atoms with E-state index in [1.54, 1.807) is 7.11 Å². The molecule has 6 nitrogen and oxygen atoms in total. The maximum atomic E-state index is 12.4. The lowest BCUT2D eigenvalue weighted by atomic mass is 10.1. The maximum Gasteiger partial charge on any atom is 0.224 e. The van der Waals surface area contributed by atoms with Gasteiger partial charge in [0.15, 0.2) is 0 Å². The van der Waals surface area contributed by atoms with E-state index in [1.165, 1.54) is 16.9 Å². The number of hydrogen-bond acceptors (Lipinski definition) is 5. The number of methoxy groups -OCH3 is 1. The van der Waals surface area contributed by atoms with Crippen LogP contribution in [0, 0.1) is 5.41 Å². The highest BCUT2D eigenvalue weighted by Crippen LogP contribution is 2.22. The molecule has 0 spiro atoms. The average Bonchev–Trinajstić information content (AvgIpc) is 3.42. The topological polar surface area (TPSA) is 86.2 Å². The summed E-state index contributed by atoms with van der Waals surface area (Å²) in [6.07, 6.45) is 2.04. The summed E-state index contributed by atoms with van der Waals surface area (Å²) in [4.78, 5) is 13.3. The van der Waals surface area contributed by atoms with Crippen LogP contribution in [0.2, 0.25) is 0 Å². The first kappa shape index (κ1) is 24.0. The van der Waals surface area contributed by atoms with Crippen LogP contribution >= 0.6 is 11.3 Å². The molecule has 0 bridgehead atoms. The molecule has 0 unspecified atom stereocenters. The Kier molecular flexibility index (Phi) is 8.14. The van der Waals surface area contributed by atoms with Crippen LogP contribution in [0.25, 0.3) is 0 Å². The van der Waals surface area contributed by atoms with Crippen molar-refractivity contribution < 1.29 is 9.53 Å². The Balaban J connectivity index is 1.18. The minimum atomic E-state index is 0.00328. The zero-order valence-corrected chi connectivity index (χ0v) is 20.3. The Labute approximate surface area is 209 Å². The first-order valence-electron chi connectivity index (χ1n) is 11.4. The minimum absolute atomic E-state index is 0.00328. The summed E-state index contributed by atoms with van der Waals surface area (Å²) < 4.78 is 5.18. The van der Waals surface area contributed by atoms with Gasteiger partial charge < -0.3 is 20.7 Å². The summed E-state index contributed by atoms with van der Waals surface area (Å²) in [6.45, 7) is 0. The van der Waals surface area contributed by atoms with Gasteiger partial charge in [-0.05, 0) is 90.5 Å². The highest BCUT2D eigenvalue weighted by atomic mass is 32.1. The third-order valence-electron chi connectivity index (χ3n) is 5.41. The number of carbonyl (C=O) groups is 1. The SMILES string of the molecule is COc1ccc(Nc2ccc(NC(=O)CCCc3ccc(NC(=N)c4cccs4)cc3)cc2)cc1. The van der Waals surface area contributed by atoms with Gasteiger partial charge in [0.2, 0.25) is 5.91 Å². The fraction of sp³-hybridized carbons (Fsp3) is 0.143. The second-order valence-electron chi connectivity index (χ2n) is 8.01. The molecule has 0 saturated heterocycles. The molecular formula is C28H28N4O2S. The van der Waals surface area contributed by atoms with E-state index in [4.69, 9.17) is 10.1 Å². The number of anilines is 4. The first-order chi connectivity index (χ1) is 17.1. The molecule has 0 aliphatic rings. The van der Waals surface area contributed by atoms with Crippen molar-refractivity contribution in [2.45, 2.75) is 19.3 Å². The molecule has 4 N–H and O–H groups in total. The van der Waals surface area contributed by atoms with E-state index < -0.39 is 0 Å². The van der Waals surface area contributed by atoms with Gasteiger partial charge in [0.25, 0.3) is 0 Å². The van der Waals surface area contributed by atoms with Gasteiger partial charge in [-0.2, -0.15) is 0 Å². The van der Waals surface area contributed by atoms with E-state index in [0.717, 1.165) is 46.2 Å². The number of ether oxygens (including phenoxy) is 1. The third-order valence-corrected chi connectivity index (χ3v) is 6.29. The fourth-order valence-corrected chi connectivity index (χ4v) is 4.17. The number of nitrogens with one attached hydrogen (secondary N) is 4. The molecule has 0 aliphatic heterocycles. The molecule has 1 heterocycles. The van der Waals surface area contributed by atoms with Crippen LogP contribution < -0.4 is 20.7 Å². The summed E-state index contributed by atoms with van der Waals surface area (Å²) in [5.41, 5.74) is 4.73. The molecule has 3 aromatic carbocycles. The Morgan fingerprint density at radius 3 is 2.06 bits per heavy atom. The summed E-state index contributed by atoms with van der Waals surface area (Å²) in [5.74, 6) is 1.21. The zero-order chi connectivity index (χ0) is 24.5. The van der Waals surface area contributed by atoms with E-state index >= 15 is 0 Å². The number of carbonyl (C=O) groups excluding carboxylic acids is 1. The second kappa shape index (κ2) is 11.9. The molecule has 0 radical (unpaired) electrons. The normalized spacial score (nSPS) is 10.4. The van der Waals surface area contributed by atoms with Crippen LogP contribution in [0.15, 0.2) is 90.3 Å². The van der Waals surface area contributed by atoms with E-state index in [2.05, 4.69) is 16.0 Å². The Hall–Kier alpha value is -4.10. The van der Waals surface area contributed by atoms with Crippen LogP contribution in [0.3, 0.4) is 0 Å². The summed E-state index contributed by atoms with van der Waals surface area (Å²) in [6, 6.07) is 27.3. The van der Waals surface area contributed by atoms with Crippen molar-refractivity contribution in [3.63, 3.8) is 0 Å². The summed E-state index contributed by atoms with van der Waals surface area (Å²) >= 11 is 1.54. The number of thiophene rings is 1. The molecule has 1 aromatic heterocycles. The van der Waals surface area contributed by atoms with E-state index in [1.807, 2.05) is 90.3 Å². The molecule has 4 aromatic rings. The number of amidine groups is 1. The smallest absolute Gasteiger partial charge is 0.224 e. The maximum absolute atomic E-state index is 12.4. The van der Waals surface area contributed by atoms with Crippen LogP contribution in [-0.2, 0) is 11.2 Å². The van der Waals surface area contributed by atoms with E-state index in [-0.39, 0.29) is 5.91 Å². The summed E-state index contributed by atoms with van der Waals surface area (Å²) in [7, 11) is 1.65. The lowest BCUT2D eigenvalue weighted by Gasteiger charge is -2.10. The largest absolute Gasteiger partial charge is 0.497 e. The van der Waals surface area contributed by atoms with Gasteiger partial charge in [-0.1, -0.05) is 18.2 Å². The van der Waals surface area contributed by atoms with Crippen molar-refractivity contribution in [3.8, 4) is 5.75 Å². The molecule has 178 valence electrons. The highest BCUT2D eigenvalue weighted by molar-refractivity contribution is 7.12. The molecule has 0 fully saturated rings. The lowest BCUT2D eigenvalue weighted by Crippen LogP contribution is -2.11. The van der Waals surface area contributed by atoms with Crippen LogP contribution in [-0.4, -0.2) is 18.9 Å². The van der Waals surface area contributed by atoms with Crippen LogP contribution in [0.4, 0.5) is 22.7 Å². The summed E-state index contributed by atoms with van der Waals surface area (Å²) in [5, 5.41) is 19.5. The number of benzene rings is 3. The van der Waals surface area contributed by atoms with Gasteiger partial charge in [0.05, 0.1) is 12.0 Å². The van der Waals surface area contributed by atoms with Gasteiger partial charge >= 0.3 is 0 Å². The van der Waals surface area contributed by atoms with Gasteiger partial charge in [-0.15, -0.1) is 11.3 Å². The Morgan fingerprint density at radius 1 is 0.829 bits per heavy atom. The van der Waals surface area contributed by atoms with Gasteiger partial charge in [-0.3, -0.25) is 10.2 Å². The molecule has 7 heteroatoms. The van der Waals surface area contributed by atoms with E-state index in [9.17, 15) is 4.79 Å². The molecule has 4 rings (SSSR count). The quantitative estimate of drug-likeness (QED) is 0.146. The first-order valence-corrected chi connectivity index (χ1v) is 12.3. The number of aryl methyl sites for hydroxylation is 1. The van der Waals surface area contributed by atoms with Crippen molar-refractivity contribution in [1.29, 1.82) is 5.41 Å². The molecule has 0 aliphatic carbocycles. The van der Waals surface area contributed by atoms with E-state index in [0.29, 0.717) is 12.3 Å². The molecular weight excluding hydrogens is 456 g/mol. The Bertz CT molecular complexity index is 1240. The highest BCUT2D eigenvalue weighted by Gasteiger charge is 2.05. The molecule has 35 heavy (non-hydrogen) atoms. The molecule has 1 amide bonds. The Morgan fingerprint density at radius 2 is 1.43 bits per heavy atom. The van der Waals surface area contributed by atoms with Gasteiger partial charge in [0, 0.05) is 29.2 Å². The lowest BCUT2D eigenvalue weighted by molar-refractivity contribution is -0.116. The van der Waals surface area contributed by atoms with Crippen molar-refractivity contribution in [2.24, 2.45) is 0 Å². The monoisotopic (exact) mass is 484 g/mol. The second-order valence-corrected chi connectivity index (χ2v) is 8.95. The van der Waals surface area contributed by atoms with Crippen molar-refractivity contribution in [2.75, 3.05) is 23.1 Å². The van der Waals surface area contributed by atoms with Crippen molar-refractivity contribution >= 4 is 45.8 Å². The van der Waals surface area contributed by atoms with Crippen molar-refractivity contribution in [3.05, 3.63) is 101 Å². The predicted octanol–water partition coefficient (Wildman–Crippen LogP) is 6.90. The fourth-order valence-electron chi connectivity index (χ4n) is 3.54. The predicted molar refractivity (Wildman–Crippen MR) is 145 cm³/mol. The molecule has 0 saturated carbocycles. The number of rotatable bonds is 10.